The van der Waals surface area contributed by atoms with Crippen molar-refractivity contribution in [2.75, 3.05) is 32.9 Å². The topological polar surface area (TPSA) is 40.6 Å². The zero-order valence-electron chi connectivity index (χ0n) is 8.28. The Hall–Kier alpha value is -0.710. The molecule has 0 aliphatic carbocycles. The van der Waals surface area contributed by atoms with E-state index >= 15 is 0 Å². The molecular formula is C8H16N2O2S. The quantitative estimate of drug-likeness (QED) is 0.647. The molecule has 0 aromatic heterocycles. The van der Waals surface area contributed by atoms with Crippen LogP contribution in [-0.4, -0.2) is 54.6 Å². The van der Waals surface area contributed by atoms with Gasteiger partial charge in [-0.05, 0) is 6.92 Å². The number of hydrogen-bond acceptors (Lipinski definition) is 3. The summed E-state index contributed by atoms with van der Waals surface area (Å²) in [5.41, 5.74) is 0. The first-order chi connectivity index (χ1) is 6.02. The van der Waals surface area contributed by atoms with Gasteiger partial charge in [-0.25, -0.2) is 0 Å². The molecule has 0 aromatic rings. The van der Waals surface area contributed by atoms with Crippen molar-refractivity contribution in [3.05, 3.63) is 0 Å². The van der Waals surface area contributed by atoms with Crippen molar-refractivity contribution in [2.24, 2.45) is 0 Å². The Balaban J connectivity index is 4.13. The van der Waals surface area contributed by atoms with Gasteiger partial charge in [0, 0.05) is 20.6 Å². The Morgan fingerprint density at radius 1 is 1.23 bits per heavy atom. The number of likely N-dealkylation sites (N-methyl/N-ethyl adjacent to an activating group) is 2. The molecule has 76 valence electrons. The first kappa shape index (κ1) is 12.3. The molecule has 0 radical (unpaired) electrons. The van der Waals surface area contributed by atoms with Crippen molar-refractivity contribution in [1.29, 1.82) is 0 Å². The number of hydrogen-bond donors (Lipinski definition) is 1. The molecule has 0 N–H and O–H groups in total. The Kier molecular flexibility index (Phi) is 5.53. The molecule has 2 amide bonds. The molecule has 5 heteroatoms. The lowest BCUT2D eigenvalue weighted by atomic mass is 10.4. The van der Waals surface area contributed by atoms with Gasteiger partial charge in [0.05, 0.1) is 12.3 Å². The summed E-state index contributed by atoms with van der Waals surface area (Å²) in [4.78, 5) is 25.4. The van der Waals surface area contributed by atoms with Crippen LogP contribution < -0.4 is 0 Å². The fourth-order valence-corrected chi connectivity index (χ4v) is 0.981. The summed E-state index contributed by atoms with van der Waals surface area (Å²) in [6, 6.07) is 0. The third-order valence-electron chi connectivity index (χ3n) is 1.69. The van der Waals surface area contributed by atoms with Crippen LogP contribution >= 0.6 is 12.6 Å². The summed E-state index contributed by atoms with van der Waals surface area (Å²) in [5, 5.41) is 0. The number of carbonyl (C=O) groups is 2. The molecule has 0 fully saturated rings. The van der Waals surface area contributed by atoms with Gasteiger partial charge in [0.1, 0.15) is 0 Å². The van der Waals surface area contributed by atoms with Gasteiger partial charge in [-0.15, -0.1) is 0 Å². The molecule has 0 aromatic carbocycles. The lowest BCUT2D eigenvalue weighted by Crippen LogP contribution is -2.40. The van der Waals surface area contributed by atoms with Crippen LogP contribution in [0.1, 0.15) is 6.92 Å². The number of carbonyl (C=O) groups excluding carboxylic acids is 2. The number of amides is 2. The fraction of sp³-hybridized carbons (Fsp3) is 0.750. The minimum atomic E-state index is -0.110. The summed E-state index contributed by atoms with van der Waals surface area (Å²) in [6.45, 7) is 2.52. The highest BCUT2D eigenvalue weighted by Gasteiger charge is 2.14. The lowest BCUT2D eigenvalue weighted by molar-refractivity contribution is -0.137. The van der Waals surface area contributed by atoms with Crippen molar-refractivity contribution < 1.29 is 9.59 Å². The monoisotopic (exact) mass is 204 g/mol. The zero-order valence-corrected chi connectivity index (χ0v) is 9.17. The fourth-order valence-electron chi connectivity index (χ4n) is 0.781. The first-order valence-corrected chi connectivity index (χ1v) is 4.75. The third-order valence-corrected chi connectivity index (χ3v) is 1.97. The van der Waals surface area contributed by atoms with E-state index in [1.807, 2.05) is 6.92 Å². The van der Waals surface area contributed by atoms with Crippen LogP contribution in [0.3, 0.4) is 0 Å². The van der Waals surface area contributed by atoms with Crippen molar-refractivity contribution >= 4 is 24.4 Å². The summed E-state index contributed by atoms with van der Waals surface area (Å²) in [6.07, 6.45) is 0. The molecule has 13 heavy (non-hydrogen) atoms. The van der Waals surface area contributed by atoms with Gasteiger partial charge >= 0.3 is 0 Å². The van der Waals surface area contributed by atoms with Gasteiger partial charge in [0.2, 0.25) is 11.8 Å². The molecule has 0 aliphatic rings. The van der Waals surface area contributed by atoms with E-state index in [1.54, 1.807) is 14.1 Å². The maximum absolute atomic E-state index is 11.2. The number of nitrogens with zero attached hydrogens (tertiary/aromatic N) is 2. The molecule has 0 heterocycles. The maximum atomic E-state index is 11.2. The average molecular weight is 204 g/mol. The predicted molar refractivity (Wildman–Crippen MR) is 54.8 cm³/mol. The van der Waals surface area contributed by atoms with Crippen LogP contribution in [0.15, 0.2) is 0 Å². The van der Waals surface area contributed by atoms with Crippen molar-refractivity contribution in [3.63, 3.8) is 0 Å². The molecule has 0 spiro atoms. The Morgan fingerprint density at radius 2 is 1.77 bits per heavy atom. The standard InChI is InChI=1S/C8H16N2O2S/c1-4-10(8(12)6-13)5-7(11)9(2)3/h13H,4-6H2,1-3H3. The second-order valence-electron chi connectivity index (χ2n) is 2.85. The largest absolute Gasteiger partial charge is 0.347 e. The molecule has 0 aliphatic heterocycles. The van der Waals surface area contributed by atoms with Crippen molar-refractivity contribution in [2.45, 2.75) is 6.92 Å². The zero-order chi connectivity index (χ0) is 10.4. The van der Waals surface area contributed by atoms with E-state index in [2.05, 4.69) is 12.6 Å². The van der Waals surface area contributed by atoms with Crippen LogP contribution in [0.4, 0.5) is 0 Å². The summed E-state index contributed by atoms with van der Waals surface area (Å²) < 4.78 is 0. The lowest BCUT2D eigenvalue weighted by Gasteiger charge is -2.21. The molecule has 0 saturated heterocycles. The Bertz CT molecular complexity index is 195. The van der Waals surface area contributed by atoms with E-state index in [9.17, 15) is 9.59 Å². The number of thiol groups is 1. The normalized spacial score (nSPS) is 9.54. The SMILES string of the molecule is CCN(CC(=O)N(C)C)C(=O)CS. The Morgan fingerprint density at radius 3 is 2.08 bits per heavy atom. The van der Waals surface area contributed by atoms with Gasteiger partial charge < -0.3 is 9.80 Å². The van der Waals surface area contributed by atoms with Gasteiger partial charge in [-0.2, -0.15) is 12.6 Å². The predicted octanol–water partition coefficient (Wildman–Crippen LogP) is -0.147. The smallest absolute Gasteiger partial charge is 0.241 e. The van der Waals surface area contributed by atoms with Crippen LogP contribution in [0.2, 0.25) is 0 Å². The summed E-state index contributed by atoms with van der Waals surface area (Å²) in [5.74, 6) is -0.0350. The first-order valence-electron chi connectivity index (χ1n) is 4.11. The molecule has 0 bridgehead atoms. The molecule has 0 unspecified atom stereocenters. The molecule has 4 nitrogen and oxygen atoms in total. The third kappa shape index (κ3) is 4.17. The Labute approximate surface area is 84.3 Å². The summed E-state index contributed by atoms with van der Waals surface area (Å²) >= 11 is 3.87. The van der Waals surface area contributed by atoms with Crippen LogP contribution in [0.25, 0.3) is 0 Å². The average Bonchev–Trinajstić information content (AvgIpc) is 2.12. The highest BCUT2D eigenvalue weighted by Crippen LogP contribution is 1.93. The molecule has 0 saturated carbocycles. The number of rotatable bonds is 4. The maximum Gasteiger partial charge on any atom is 0.241 e. The summed E-state index contributed by atoms with van der Waals surface area (Å²) in [7, 11) is 3.34. The van der Waals surface area contributed by atoms with Gasteiger partial charge in [0.15, 0.2) is 0 Å². The minimum Gasteiger partial charge on any atom is -0.347 e. The van der Waals surface area contributed by atoms with E-state index in [-0.39, 0.29) is 24.1 Å². The molecule has 0 rings (SSSR count). The van der Waals surface area contributed by atoms with E-state index in [0.29, 0.717) is 6.54 Å². The van der Waals surface area contributed by atoms with Crippen LogP contribution in [-0.2, 0) is 9.59 Å². The second-order valence-corrected chi connectivity index (χ2v) is 3.17. The van der Waals surface area contributed by atoms with Crippen molar-refractivity contribution in [3.8, 4) is 0 Å². The van der Waals surface area contributed by atoms with E-state index in [0.717, 1.165) is 0 Å². The minimum absolute atomic E-state index is 0.0722. The van der Waals surface area contributed by atoms with Gasteiger partial charge in [0.25, 0.3) is 0 Å². The highest BCUT2D eigenvalue weighted by molar-refractivity contribution is 7.81. The van der Waals surface area contributed by atoms with Gasteiger partial charge in [-0.1, -0.05) is 0 Å². The van der Waals surface area contributed by atoms with E-state index in [4.69, 9.17) is 0 Å². The van der Waals surface area contributed by atoms with E-state index < -0.39 is 0 Å². The highest BCUT2D eigenvalue weighted by atomic mass is 32.1. The van der Waals surface area contributed by atoms with E-state index in [1.165, 1.54) is 9.80 Å². The second kappa shape index (κ2) is 5.85. The van der Waals surface area contributed by atoms with Gasteiger partial charge in [-0.3, -0.25) is 9.59 Å². The van der Waals surface area contributed by atoms with Crippen molar-refractivity contribution in [1.82, 2.24) is 9.80 Å². The molecule has 0 atom stereocenters. The van der Waals surface area contributed by atoms with Crippen LogP contribution in [0.5, 0.6) is 0 Å². The molecular weight excluding hydrogens is 188 g/mol. The van der Waals surface area contributed by atoms with Crippen LogP contribution in [0, 0.1) is 0 Å².